The molecule has 0 amide bonds. The number of halogens is 2. The number of benzene rings is 1. The van der Waals surface area contributed by atoms with Gasteiger partial charge in [-0.25, -0.2) is 4.39 Å². The second kappa shape index (κ2) is 8.08. The van der Waals surface area contributed by atoms with Gasteiger partial charge in [0, 0.05) is 24.0 Å². The summed E-state index contributed by atoms with van der Waals surface area (Å²) in [6, 6.07) is 5.04. The third kappa shape index (κ3) is 4.39. The van der Waals surface area contributed by atoms with Crippen molar-refractivity contribution in [2.75, 3.05) is 26.9 Å². The van der Waals surface area contributed by atoms with Gasteiger partial charge in [0.05, 0.1) is 13.2 Å². The second-order valence-corrected chi connectivity index (χ2v) is 5.87. The van der Waals surface area contributed by atoms with Crippen molar-refractivity contribution in [3.05, 3.63) is 28.5 Å². The van der Waals surface area contributed by atoms with Crippen LogP contribution in [0.15, 0.2) is 22.7 Å². The van der Waals surface area contributed by atoms with E-state index in [0.717, 1.165) is 13.0 Å². The van der Waals surface area contributed by atoms with E-state index in [4.69, 9.17) is 14.2 Å². The SMILES string of the molecule is CCNC1CC(Oc2ccc(Br)cc2F)C1OCCOC. The maximum atomic E-state index is 13.8. The van der Waals surface area contributed by atoms with Crippen LogP contribution < -0.4 is 10.1 Å². The molecule has 1 fully saturated rings. The molecule has 1 aromatic rings. The predicted molar refractivity (Wildman–Crippen MR) is 82.2 cm³/mol. The first-order chi connectivity index (χ1) is 10.2. The normalized spacial score (nSPS) is 24.7. The van der Waals surface area contributed by atoms with Crippen LogP contribution in [0.25, 0.3) is 0 Å². The van der Waals surface area contributed by atoms with Gasteiger partial charge in [0.2, 0.25) is 0 Å². The minimum Gasteiger partial charge on any atom is -0.485 e. The summed E-state index contributed by atoms with van der Waals surface area (Å²) in [5.74, 6) is -0.106. The quantitative estimate of drug-likeness (QED) is 0.722. The van der Waals surface area contributed by atoms with Crippen molar-refractivity contribution in [3.8, 4) is 5.75 Å². The zero-order valence-corrected chi connectivity index (χ0v) is 13.9. The number of hydrogen-bond acceptors (Lipinski definition) is 4. The van der Waals surface area contributed by atoms with Crippen molar-refractivity contribution in [3.63, 3.8) is 0 Å². The first kappa shape index (κ1) is 16.7. The van der Waals surface area contributed by atoms with Crippen molar-refractivity contribution in [2.45, 2.75) is 31.6 Å². The number of likely N-dealkylation sites (N-methyl/N-ethyl adjacent to an activating group) is 1. The molecule has 3 atom stereocenters. The molecular weight excluding hydrogens is 341 g/mol. The molecule has 1 N–H and O–H groups in total. The van der Waals surface area contributed by atoms with Crippen LogP contribution in [-0.2, 0) is 9.47 Å². The fraction of sp³-hybridized carbons (Fsp3) is 0.600. The maximum Gasteiger partial charge on any atom is 0.166 e. The van der Waals surface area contributed by atoms with Crippen molar-refractivity contribution >= 4 is 15.9 Å². The van der Waals surface area contributed by atoms with Crippen LogP contribution in [0, 0.1) is 5.82 Å². The number of hydrogen-bond donors (Lipinski definition) is 1. The molecule has 1 saturated carbocycles. The van der Waals surface area contributed by atoms with Crippen LogP contribution in [0.1, 0.15) is 13.3 Å². The van der Waals surface area contributed by atoms with E-state index in [1.54, 1.807) is 19.2 Å². The van der Waals surface area contributed by atoms with E-state index in [2.05, 4.69) is 28.2 Å². The van der Waals surface area contributed by atoms with Gasteiger partial charge in [0.15, 0.2) is 11.6 Å². The van der Waals surface area contributed by atoms with Gasteiger partial charge in [-0.2, -0.15) is 0 Å². The Morgan fingerprint density at radius 2 is 2.19 bits per heavy atom. The highest BCUT2D eigenvalue weighted by molar-refractivity contribution is 9.10. The Labute approximate surface area is 133 Å². The van der Waals surface area contributed by atoms with Crippen molar-refractivity contribution < 1.29 is 18.6 Å². The van der Waals surface area contributed by atoms with E-state index in [1.807, 2.05) is 0 Å². The highest BCUT2D eigenvalue weighted by Gasteiger charge is 2.43. The molecule has 0 aromatic heterocycles. The molecule has 0 aliphatic heterocycles. The molecule has 3 unspecified atom stereocenters. The molecule has 1 aliphatic rings. The Hall–Kier alpha value is -0.690. The summed E-state index contributed by atoms with van der Waals surface area (Å²) in [7, 11) is 1.64. The van der Waals surface area contributed by atoms with Gasteiger partial charge in [-0.1, -0.05) is 22.9 Å². The monoisotopic (exact) mass is 361 g/mol. The molecule has 2 rings (SSSR count). The Bertz CT molecular complexity index is 461. The number of nitrogens with one attached hydrogen (secondary N) is 1. The lowest BCUT2D eigenvalue weighted by Crippen LogP contribution is -2.61. The predicted octanol–water partition coefficient (Wildman–Crippen LogP) is 2.75. The highest BCUT2D eigenvalue weighted by atomic mass is 79.9. The minimum absolute atomic E-state index is 0.0804. The number of methoxy groups -OCH3 is 1. The Kier molecular flexibility index (Phi) is 6.41. The molecule has 4 nitrogen and oxygen atoms in total. The molecule has 1 aromatic carbocycles. The molecule has 0 spiro atoms. The van der Waals surface area contributed by atoms with E-state index < -0.39 is 0 Å². The van der Waals surface area contributed by atoms with E-state index in [1.165, 1.54) is 6.07 Å². The lowest BCUT2D eigenvalue weighted by Gasteiger charge is -2.44. The molecular formula is C15H21BrFNO3. The molecule has 118 valence electrons. The fourth-order valence-corrected chi connectivity index (χ4v) is 2.72. The zero-order valence-electron chi connectivity index (χ0n) is 12.3. The Morgan fingerprint density at radius 1 is 1.38 bits per heavy atom. The Morgan fingerprint density at radius 3 is 2.86 bits per heavy atom. The topological polar surface area (TPSA) is 39.7 Å². The fourth-order valence-electron chi connectivity index (χ4n) is 2.38. The smallest absolute Gasteiger partial charge is 0.166 e. The summed E-state index contributed by atoms with van der Waals surface area (Å²) >= 11 is 3.23. The molecule has 0 heterocycles. The minimum atomic E-state index is -0.369. The van der Waals surface area contributed by atoms with Gasteiger partial charge in [0.1, 0.15) is 12.2 Å². The maximum absolute atomic E-state index is 13.8. The summed E-state index contributed by atoms with van der Waals surface area (Å²) in [6.45, 7) is 3.96. The van der Waals surface area contributed by atoms with Crippen LogP contribution in [-0.4, -0.2) is 45.1 Å². The van der Waals surface area contributed by atoms with E-state index in [0.29, 0.717) is 17.7 Å². The van der Waals surface area contributed by atoms with Crippen molar-refractivity contribution in [1.82, 2.24) is 5.32 Å². The highest BCUT2D eigenvalue weighted by Crippen LogP contribution is 2.31. The van der Waals surface area contributed by atoms with Crippen LogP contribution >= 0.6 is 15.9 Å². The Balaban J connectivity index is 1.94. The standard InChI is InChI=1S/C15H21BrFNO3/c1-3-18-12-9-14(15(12)20-7-6-19-2)21-13-5-4-10(16)8-11(13)17/h4-5,8,12,14-15,18H,3,6-7,9H2,1-2H3. The lowest BCUT2D eigenvalue weighted by molar-refractivity contribution is -0.116. The molecule has 6 heteroatoms. The molecule has 21 heavy (non-hydrogen) atoms. The summed E-state index contributed by atoms with van der Waals surface area (Å²) < 4.78 is 31.0. The number of ether oxygens (including phenoxy) is 3. The van der Waals surface area contributed by atoms with Gasteiger partial charge in [-0.15, -0.1) is 0 Å². The third-order valence-corrected chi connectivity index (χ3v) is 3.98. The third-order valence-electron chi connectivity index (χ3n) is 3.49. The first-order valence-electron chi connectivity index (χ1n) is 7.11. The largest absolute Gasteiger partial charge is 0.485 e. The van der Waals surface area contributed by atoms with Crippen molar-refractivity contribution in [1.29, 1.82) is 0 Å². The van der Waals surface area contributed by atoms with Gasteiger partial charge < -0.3 is 19.5 Å². The van der Waals surface area contributed by atoms with Crippen molar-refractivity contribution in [2.24, 2.45) is 0 Å². The van der Waals surface area contributed by atoms with Crippen LogP contribution in [0.3, 0.4) is 0 Å². The number of rotatable bonds is 8. The zero-order chi connectivity index (χ0) is 15.2. The van der Waals surface area contributed by atoms with Gasteiger partial charge >= 0.3 is 0 Å². The molecule has 0 bridgehead atoms. The summed E-state index contributed by atoms with van der Waals surface area (Å²) in [4.78, 5) is 0. The molecule has 0 saturated heterocycles. The van der Waals surface area contributed by atoms with Crippen LogP contribution in [0.5, 0.6) is 5.75 Å². The average molecular weight is 362 g/mol. The van der Waals surface area contributed by atoms with E-state index in [-0.39, 0.29) is 29.8 Å². The van der Waals surface area contributed by atoms with Gasteiger partial charge in [0.25, 0.3) is 0 Å². The van der Waals surface area contributed by atoms with Crippen LogP contribution in [0.2, 0.25) is 0 Å². The van der Waals surface area contributed by atoms with E-state index in [9.17, 15) is 4.39 Å². The summed E-state index contributed by atoms with van der Waals surface area (Å²) in [5, 5.41) is 3.35. The second-order valence-electron chi connectivity index (χ2n) is 4.96. The van der Waals surface area contributed by atoms with Crippen LogP contribution in [0.4, 0.5) is 4.39 Å². The average Bonchev–Trinajstić information content (AvgIpc) is 2.44. The van der Waals surface area contributed by atoms with Gasteiger partial charge in [-0.05, 0) is 24.7 Å². The lowest BCUT2D eigenvalue weighted by atomic mass is 9.85. The van der Waals surface area contributed by atoms with Gasteiger partial charge in [-0.3, -0.25) is 0 Å². The summed E-state index contributed by atoms with van der Waals surface area (Å²) in [5.41, 5.74) is 0. The molecule has 1 aliphatic carbocycles. The first-order valence-corrected chi connectivity index (χ1v) is 7.90. The molecule has 0 radical (unpaired) electrons. The summed E-state index contributed by atoms with van der Waals surface area (Å²) in [6.07, 6.45) is 0.589. The van der Waals surface area contributed by atoms with E-state index >= 15 is 0 Å².